The van der Waals surface area contributed by atoms with Crippen LogP contribution in [0, 0.1) is 12.7 Å². The van der Waals surface area contributed by atoms with Crippen LogP contribution >= 0.6 is 0 Å². The number of halogens is 4. The number of fused-ring (bicyclic) bond motifs is 1. The molecule has 0 aliphatic heterocycles. The standard InChI is InChI=1S/C22H16F4N2O/c1-14-7-8-17(12-19(14)23)21(29,22(24,25)26)16-9-10-20-15(11-16)13-27-28(20)18-5-3-2-4-6-18/h2-13,29H,1H3. The third-order valence-corrected chi connectivity index (χ3v) is 4.99. The Hall–Kier alpha value is -3.19. The van der Waals surface area contributed by atoms with Crippen molar-refractivity contribution >= 4 is 10.9 Å². The zero-order chi connectivity index (χ0) is 20.8. The van der Waals surface area contributed by atoms with E-state index in [-0.39, 0.29) is 5.56 Å². The molecule has 1 aromatic heterocycles. The lowest BCUT2D eigenvalue weighted by Crippen LogP contribution is -2.43. The van der Waals surface area contributed by atoms with Crippen LogP contribution in [0.2, 0.25) is 0 Å². The molecule has 4 rings (SSSR count). The summed E-state index contributed by atoms with van der Waals surface area (Å²) in [4.78, 5) is 0. The Morgan fingerprint density at radius 3 is 2.21 bits per heavy atom. The first-order valence-electron chi connectivity index (χ1n) is 8.81. The molecule has 0 radical (unpaired) electrons. The number of aromatic nitrogens is 2. The Morgan fingerprint density at radius 1 is 0.897 bits per heavy atom. The van der Waals surface area contributed by atoms with Gasteiger partial charge in [-0.15, -0.1) is 0 Å². The summed E-state index contributed by atoms with van der Waals surface area (Å²) in [7, 11) is 0. The zero-order valence-electron chi connectivity index (χ0n) is 15.3. The van der Waals surface area contributed by atoms with Gasteiger partial charge in [0.2, 0.25) is 5.60 Å². The number of benzene rings is 3. The summed E-state index contributed by atoms with van der Waals surface area (Å²) in [6.45, 7) is 1.44. The van der Waals surface area contributed by atoms with Crippen LogP contribution in [0.5, 0.6) is 0 Å². The van der Waals surface area contributed by atoms with Crippen LogP contribution in [-0.4, -0.2) is 21.1 Å². The van der Waals surface area contributed by atoms with E-state index in [1.165, 1.54) is 37.4 Å². The second-order valence-corrected chi connectivity index (χ2v) is 6.84. The molecule has 4 aromatic rings. The minimum Gasteiger partial charge on any atom is -0.372 e. The number of para-hydroxylation sites is 1. The minimum atomic E-state index is -5.06. The van der Waals surface area contributed by atoms with Crippen molar-refractivity contribution in [2.75, 3.05) is 0 Å². The molecule has 0 aliphatic rings. The van der Waals surface area contributed by atoms with E-state index in [0.717, 1.165) is 17.8 Å². The second-order valence-electron chi connectivity index (χ2n) is 6.84. The van der Waals surface area contributed by atoms with Gasteiger partial charge in [-0.2, -0.15) is 18.3 Å². The Morgan fingerprint density at radius 2 is 1.55 bits per heavy atom. The topological polar surface area (TPSA) is 38.1 Å². The number of alkyl halides is 3. The van der Waals surface area contributed by atoms with Crippen LogP contribution in [0.3, 0.4) is 0 Å². The largest absolute Gasteiger partial charge is 0.425 e. The summed E-state index contributed by atoms with van der Waals surface area (Å²) >= 11 is 0. The summed E-state index contributed by atoms with van der Waals surface area (Å²) < 4.78 is 57.5. The van der Waals surface area contributed by atoms with E-state index in [2.05, 4.69) is 5.10 Å². The first-order chi connectivity index (χ1) is 13.7. The predicted molar refractivity (Wildman–Crippen MR) is 101 cm³/mol. The average Bonchev–Trinajstić information content (AvgIpc) is 3.12. The molecule has 3 nitrogen and oxygen atoms in total. The number of hydrogen-bond donors (Lipinski definition) is 1. The molecule has 0 fully saturated rings. The molecule has 7 heteroatoms. The van der Waals surface area contributed by atoms with Crippen molar-refractivity contribution in [2.45, 2.75) is 18.7 Å². The van der Waals surface area contributed by atoms with Gasteiger partial charge in [0.05, 0.1) is 17.4 Å². The quantitative estimate of drug-likeness (QED) is 0.476. The average molecular weight is 400 g/mol. The lowest BCUT2D eigenvalue weighted by Gasteiger charge is -2.31. The van der Waals surface area contributed by atoms with Crippen molar-refractivity contribution < 1.29 is 22.7 Å². The fourth-order valence-electron chi connectivity index (χ4n) is 3.34. The normalized spacial score (nSPS) is 14.1. The first kappa shape index (κ1) is 19.1. The van der Waals surface area contributed by atoms with Crippen LogP contribution < -0.4 is 0 Å². The van der Waals surface area contributed by atoms with Crippen LogP contribution in [0.15, 0.2) is 72.9 Å². The highest BCUT2D eigenvalue weighted by atomic mass is 19.4. The van der Waals surface area contributed by atoms with Gasteiger partial charge in [0.15, 0.2) is 0 Å². The lowest BCUT2D eigenvalue weighted by molar-refractivity contribution is -0.248. The smallest absolute Gasteiger partial charge is 0.372 e. The van der Waals surface area contributed by atoms with Crippen molar-refractivity contribution in [3.05, 3.63) is 95.4 Å². The maximum absolute atomic E-state index is 14.0. The summed E-state index contributed by atoms with van der Waals surface area (Å²) in [5, 5.41) is 15.4. The highest BCUT2D eigenvalue weighted by Gasteiger charge is 2.56. The van der Waals surface area contributed by atoms with Crippen molar-refractivity contribution in [1.82, 2.24) is 9.78 Å². The van der Waals surface area contributed by atoms with Crippen molar-refractivity contribution in [3.63, 3.8) is 0 Å². The maximum atomic E-state index is 14.0. The van der Waals surface area contributed by atoms with E-state index < -0.39 is 28.7 Å². The molecule has 29 heavy (non-hydrogen) atoms. The van der Waals surface area contributed by atoms with Crippen LogP contribution in [-0.2, 0) is 5.60 Å². The van der Waals surface area contributed by atoms with Crippen molar-refractivity contribution in [3.8, 4) is 5.69 Å². The van der Waals surface area contributed by atoms with E-state index in [9.17, 15) is 22.7 Å². The number of rotatable bonds is 3. The molecule has 0 aliphatic carbocycles. The molecule has 0 bridgehead atoms. The van der Waals surface area contributed by atoms with Gasteiger partial charge in [-0.05, 0) is 48.4 Å². The predicted octanol–water partition coefficient (Wildman–Crippen LogP) is 5.27. The molecular formula is C22H16F4N2O. The highest BCUT2D eigenvalue weighted by Crippen LogP contribution is 2.45. The summed E-state index contributed by atoms with van der Waals surface area (Å²) in [5.41, 5.74) is -2.82. The van der Waals surface area contributed by atoms with Gasteiger partial charge < -0.3 is 5.11 Å². The molecule has 1 unspecified atom stereocenters. The lowest BCUT2D eigenvalue weighted by atomic mass is 9.84. The fraction of sp³-hybridized carbons (Fsp3) is 0.136. The molecule has 1 N–H and O–H groups in total. The maximum Gasteiger partial charge on any atom is 0.425 e. The van der Waals surface area contributed by atoms with Crippen LogP contribution in [0.25, 0.3) is 16.6 Å². The molecule has 0 saturated carbocycles. The summed E-state index contributed by atoms with van der Waals surface area (Å²) in [6.07, 6.45) is -3.63. The molecule has 0 saturated heterocycles. The Bertz CT molecular complexity index is 1180. The number of aryl methyl sites for hydroxylation is 1. The third-order valence-electron chi connectivity index (χ3n) is 4.99. The molecule has 0 amide bonds. The summed E-state index contributed by atoms with van der Waals surface area (Å²) in [5.74, 6) is -0.817. The van der Waals surface area contributed by atoms with E-state index in [1.807, 2.05) is 30.3 Å². The molecule has 148 valence electrons. The van der Waals surface area contributed by atoms with E-state index >= 15 is 0 Å². The van der Waals surface area contributed by atoms with Gasteiger partial charge >= 0.3 is 6.18 Å². The van der Waals surface area contributed by atoms with Crippen molar-refractivity contribution in [2.24, 2.45) is 0 Å². The second kappa shape index (κ2) is 6.70. The third kappa shape index (κ3) is 3.07. The van der Waals surface area contributed by atoms with Gasteiger partial charge in [-0.25, -0.2) is 9.07 Å². The van der Waals surface area contributed by atoms with Gasteiger partial charge in [0.25, 0.3) is 0 Å². The Labute approximate surface area is 163 Å². The van der Waals surface area contributed by atoms with Crippen LogP contribution in [0.1, 0.15) is 16.7 Å². The minimum absolute atomic E-state index is 0.192. The van der Waals surface area contributed by atoms with Gasteiger partial charge in [-0.3, -0.25) is 0 Å². The van der Waals surface area contributed by atoms with Crippen molar-refractivity contribution in [1.29, 1.82) is 0 Å². The van der Waals surface area contributed by atoms with Gasteiger partial charge in [0.1, 0.15) is 5.82 Å². The Kier molecular flexibility index (Phi) is 4.42. The molecule has 3 aromatic carbocycles. The fourth-order valence-corrected chi connectivity index (χ4v) is 3.34. The van der Waals surface area contributed by atoms with Gasteiger partial charge in [0, 0.05) is 10.9 Å². The molecule has 1 heterocycles. The van der Waals surface area contributed by atoms with E-state index in [0.29, 0.717) is 10.9 Å². The zero-order valence-corrected chi connectivity index (χ0v) is 15.3. The monoisotopic (exact) mass is 400 g/mol. The van der Waals surface area contributed by atoms with Gasteiger partial charge in [-0.1, -0.05) is 36.4 Å². The number of hydrogen-bond acceptors (Lipinski definition) is 2. The Balaban J connectivity index is 1.89. The molecule has 0 spiro atoms. The molecule has 1 atom stereocenters. The van der Waals surface area contributed by atoms with E-state index in [1.54, 1.807) is 4.68 Å². The first-order valence-corrected chi connectivity index (χ1v) is 8.81. The SMILES string of the molecule is Cc1ccc(C(O)(c2ccc3c(cnn3-c3ccccc3)c2)C(F)(F)F)cc1F. The van der Waals surface area contributed by atoms with Crippen LogP contribution in [0.4, 0.5) is 17.6 Å². The molecular weight excluding hydrogens is 384 g/mol. The number of aliphatic hydroxyl groups is 1. The van der Waals surface area contributed by atoms with E-state index in [4.69, 9.17) is 0 Å². The highest BCUT2D eigenvalue weighted by molar-refractivity contribution is 5.81. The number of nitrogens with zero attached hydrogens (tertiary/aromatic N) is 2. The summed E-state index contributed by atoms with van der Waals surface area (Å²) in [6, 6.07) is 16.0.